The van der Waals surface area contributed by atoms with Crippen LogP contribution in [0, 0.1) is 10.1 Å². The topological polar surface area (TPSA) is 105 Å². The minimum Gasteiger partial charge on any atom is -0.867 e. The van der Waals surface area contributed by atoms with Gasteiger partial charge in [0.15, 0.2) is 5.58 Å². The van der Waals surface area contributed by atoms with Crippen LogP contribution in [0.3, 0.4) is 0 Å². The lowest BCUT2D eigenvalue weighted by atomic mass is 10.2. The zero-order valence-corrected chi connectivity index (χ0v) is 13.9. The van der Waals surface area contributed by atoms with Crippen LogP contribution in [0.2, 0.25) is 0 Å². The van der Waals surface area contributed by atoms with E-state index in [0.717, 1.165) is 5.56 Å². The fourth-order valence-electron chi connectivity index (χ4n) is 2.63. The number of hydrogen-bond acceptors (Lipinski definition) is 6. The van der Waals surface area contributed by atoms with Gasteiger partial charge in [-0.1, -0.05) is 30.3 Å². The Hall–Kier alpha value is -4.00. The smallest absolute Gasteiger partial charge is 0.262 e. The van der Waals surface area contributed by atoms with Gasteiger partial charge < -0.3 is 9.52 Å². The first kappa shape index (κ1) is 16.5. The molecule has 0 N–H and O–H groups in total. The summed E-state index contributed by atoms with van der Waals surface area (Å²) in [5.74, 6) is -0.160. The molecule has 0 saturated heterocycles. The molecule has 0 bridgehead atoms. The van der Waals surface area contributed by atoms with Crippen molar-refractivity contribution in [3.05, 3.63) is 82.4 Å². The monoisotopic (exact) mass is 358 g/mol. The molecule has 0 atom stereocenters. The molecule has 0 aliphatic carbocycles. The summed E-state index contributed by atoms with van der Waals surface area (Å²) in [7, 11) is 0. The average molecular weight is 358 g/mol. The summed E-state index contributed by atoms with van der Waals surface area (Å²) < 4.78 is 5.75. The molecule has 0 fully saturated rings. The fraction of sp³-hybridized carbons (Fsp3) is 0. The van der Waals surface area contributed by atoms with Gasteiger partial charge in [-0.3, -0.25) is 15.1 Å². The third-order valence-electron chi connectivity index (χ3n) is 3.97. The molecule has 4 aromatic rings. The van der Waals surface area contributed by atoms with Crippen LogP contribution in [-0.4, -0.2) is 16.1 Å². The first-order chi connectivity index (χ1) is 13.1. The second kappa shape index (κ2) is 6.72. The third-order valence-corrected chi connectivity index (χ3v) is 3.97. The lowest BCUT2D eigenvalue weighted by Gasteiger charge is -2.09. The van der Waals surface area contributed by atoms with Crippen molar-refractivity contribution in [2.75, 3.05) is 0 Å². The van der Waals surface area contributed by atoms with E-state index >= 15 is 0 Å². The summed E-state index contributed by atoms with van der Waals surface area (Å²) >= 11 is 0. The molecule has 0 aliphatic heterocycles. The predicted molar refractivity (Wildman–Crippen MR) is 99.2 cm³/mol. The zero-order chi connectivity index (χ0) is 18.8. The van der Waals surface area contributed by atoms with Crippen molar-refractivity contribution in [2.24, 2.45) is 4.99 Å². The maximum Gasteiger partial charge on any atom is 0.262 e. The molecular formula is C20H12N3O4-. The van der Waals surface area contributed by atoms with E-state index in [2.05, 4.69) is 9.98 Å². The molecule has 1 aromatic heterocycles. The Labute approximate surface area is 153 Å². The van der Waals surface area contributed by atoms with Gasteiger partial charge in [-0.2, -0.15) is 0 Å². The highest BCUT2D eigenvalue weighted by Gasteiger charge is 2.09. The number of para-hydroxylation sites is 1. The molecule has 4 rings (SSSR count). The summed E-state index contributed by atoms with van der Waals surface area (Å²) in [6, 6.07) is 18.8. The van der Waals surface area contributed by atoms with E-state index in [9.17, 15) is 15.2 Å². The van der Waals surface area contributed by atoms with E-state index in [1.165, 1.54) is 24.4 Å². The summed E-state index contributed by atoms with van der Waals surface area (Å²) in [6.45, 7) is 0. The standard InChI is InChI=1S/C20H13N3O4/c24-19-14(7-4-8-17(19)23(25)26)12-21-15-9-10-18-16(11-15)22-20(27-18)13-5-2-1-3-6-13/h1-12,24H/p-1. The normalized spacial score (nSPS) is 11.3. The summed E-state index contributed by atoms with van der Waals surface area (Å²) in [6.07, 6.45) is 1.31. The van der Waals surface area contributed by atoms with Crippen molar-refractivity contribution in [1.29, 1.82) is 0 Å². The minimum absolute atomic E-state index is 0.148. The molecule has 0 amide bonds. The Morgan fingerprint density at radius 3 is 2.63 bits per heavy atom. The highest BCUT2D eigenvalue weighted by atomic mass is 16.6. The van der Waals surface area contributed by atoms with E-state index in [0.29, 0.717) is 22.7 Å². The predicted octanol–water partition coefficient (Wildman–Crippen LogP) is 4.23. The third kappa shape index (κ3) is 3.25. The number of aliphatic imine (C=N–C) groups is 1. The van der Waals surface area contributed by atoms with E-state index in [1.807, 2.05) is 30.3 Å². The zero-order valence-electron chi connectivity index (χ0n) is 13.9. The number of rotatable bonds is 4. The highest BCUT2D eigenvalue weighted by Crippen LogP contribution is 2.28. The van der Waals surface area contributed by atoms with Crippen LogP contribution >= 0.6 is 0 Å². The molecule has 0 aliphatic rings. The van der Waals surface area contributed by atoms with Crippen molar-refractivity contribution in [3.63, 3.8) is 0 Å². The summed E-state index contributed by atoms with van der Waals surface area (Å²) in [5.41, 5.74) is 2.35. The highest BCUT2D eigenvalue weighted by molar-refractivity contribution is 5.88. The van der Waals surface area contributed by atoms with Crippen molar-refractivity contribution in [1.82, 2.24) is 4.98 Å². The van der Waals surface area contributed by atoms with Gasteiger partial charge in [0.25, 0.3) is 5.69 Å². The van der Waals surface area contributed by atoms with Gasteiger partial charge in [0.2, 0.25) is 5.89 Å². The van der Waals surface area contributed by atoms with Crippen LogP contribution in [0.25, 0.3) is 22.6 Å². The molecule has 3 aromatic carbocycles. The number of nitro groups is 1. The number of nitrogens with zero attached hydrogens (tertiary/aromatic N) is 3. The van der Waals surface area contributed by atoms with E-state index < -0.39 is 16.4 Å². The number of nitro benzene ring substituents is 1. The lowest BCUT2D eigenvalue weighted by molar-refractivity contribution is -0.398. The van der Waals surface area contributed by atoms with Gasteiger partial charge in [-0.25, -0.2) is 4.98 Å². The van der Waals surface area contributed by atoms with Gasteiger partial charge in [-0.05, 0) is 41.6 Å². The van der Waals surface area contributed by atoms with Crippen molar-refractivity contribution < 1.29 is 14.4 Å². The lowest BCUT2D eigenvalue weighted by Crippen LogP contribution is -2.01. The first-order valence-corrected chi connectivity index (χ1v) is 8.06. The van der Waals surface area contributed by atoms with Crippen molar-refractivity contribution in [3.8, 4) is 17.2 Å². The van der Waals surface area contributed by atoms with Crippen LogP contribution in [0.4, 0.5) is 11.4 Å². The fourth-order valence-corrected chi connectivity index (χ4v) is 2.63. The number of aromatic nitrogens is 1. The van der Waals surface area contributed by atoms with Gasteiger partial charge in [0.05, 0.1) is 10.6 Å². The summed E-state index contributed by atoms with van der Waals surface area (Å²) in [4.78, 5) is 18.9. The molecule has 0 saturated carbocycles. The number of oxazole rings is 1. The van der Waals surface area contributed by atoms with E-state index in [4.69, 9.17) is 4.42 Å². The quantitative estimate of drug-likeness (QED) is 0.308. The van der Waals surface area contributed by atoms with Crippen LogP contribution in [-0.2, 0) is 0 Å². The molecule has 0 spiro atoms. The van der Waals surface area contributed by atoms with Crippen molar-refractivity contribution >= 4 is 28.7 Å². The number of benzene rings is 3. The van der Waals surface area contributed by atoms with Gasteiger partial charge >= 0.3 is 0 Å². The van der Waals surface area contributed by atoms with Gasteiger partial charge in [0.1, 0.15) is 5.52 Å². The molecule has 132 valence electrons. The number of fused-ring (bicyclic) bond motifs is 1. The Bertz CT molecular complexity index is 1170. The molecule has 7 heteroatoms. The van der Waals surface area contributed by atoms with Gasteiger partial charge in [-0.15, -0.1) is 0 Å². The van der Waals surface area contributed by atoms with Crippen LogP contribution in [0.1, 0.15) is 5.56 Å². The maximum atomic E-state index is 12.0. The second-order valence-electron chi connectivity index (χ2n) is 5.75. The average Bonchev–Trinajstić information content (AvgIpc) is 3.11. The maximum absolute atomic E-state index is 12.0. The molecule has 0 radical (unpaired) electrons. The summed E-state index contributed by atoms with van der Waals surface area (Å²) in [5, 5.41) is 22.9. The first-order valence-electron chi connectivity index (χ1n) is 8.06. The Morgan fingerprint density at radius 2 is 1.85 bits per heavy atom. The molecule has 1 heterocycles. The van der Waals surface area contributed by atoms with E-state index in [1.54, 1.807) is 18.2 Å². The van der Waals surface area contributed by atoms with Crippen LogP contribution in [0.15, 0.2) is 76.1 Å². The Balaban J connectivity index is 1.66. The molecule has 27 heavy (non-hydrogen) atoms. The molecular weight excluding hydrogens is 346 g/mol. The number of hydrogen-bond donors (Lipinski definition) is 0. The molecule has 0 unspecified atom stereocenters. The van der Waals surface area contributed by atoms with E-state index in [-0.39, 0.29) is 5.56 Å². The van der Waals surface area contributed by atoms with Gasteiger partial charge in [0, 0.05) is 17.8 Å². The Kier molecular flexibility index (Phi) is 4.10. The Morgan fingerprint density at radius 1 is 1.04 bits per heavy atom. The molecule has 7 nitrogen and oxygen atoms in total. The van der Waals surface area contributed by atoms with Crippen LogP contribution in [0.5, 0.6) is 5.75 Å². The van der Waals surface area contributed by atoms with Crippen molar-refractivity contribution in [2.45, 2.75) is 0 Å². The minimum atomic E-state index is -0.702. The van der Waals surface area contributed by atoms with Crippen LogP contribution < -0.4 is 5.11 Å². The second-order valence-corrected chi connectivity index (χ2v) is 5.75. The SMILES string of the molecule is O=[N+]([O-])c1cccc(C=Nc2ccc3oc(-c4ccccc4)nc3c2)c1[O-]. The largest absolute Gasteiger partial charge is 0.867 e.